The van der Waals surface area contributed by atoms with Crippen LogP contribution in [0.15, 0.2) is 40.8 Å². The van der Waals surface area contributed by atoms with Crippen LogP contribution < -0.4 is 5.32 Å². The van der Waals surface area contributed by atoms with Crippen LogP contribution in [0.5, 0.6) is 5.75 Å². The molecule has 0 amide bonds. The van der Waals surface area contributed by atoms with Gasteiger partial charge in [-0.3, -0.25) is 0 Å². The lowest BCUT2D eigenvalue weighted by Gasteiger charge is -2.04. The molecular weight excluding hydrogens is 222 g/mol. The molecule has 0 radical (unpaired) electrons. The first-order chi connectivity index (χ1) is 8.15. The van der Waals surface area contributed by atoms with Gasteiger partial charge in [-0.15, -0.1) is 0 Å². The zero-order valence-corrected chi connectivity index (χ0v) is 8.88. The highest BCUT2D eigenvalue weighted by molar-refractivity contribution is 5.84. The van der Waals surface area contributed by atoms with Gasteiger partial charge in [0.05, 0.1) is 6.54 Å². The molecule has 1 aromatic heterocycles. The average molecular weight is 233 g/mol. The second-order valence-electron chi connectivity index (χ2n) is 3.47. The summed E-state index contributed by atoms with van der Waals surface area (Å²) in [5.74, 6) is -0.488. The van der Waals surface area contributed by atoms with E-state index < -0.39 is 5.97 Å². The van der Waals surface area contributed by atoms with E-state index in [0.717, 1.165) is 5.69 Å². The number of hydrogen-bond acceptors (Lipinski definition) is 4. The minimum atomic E-state index is -1.09. The highest BCUT2D eigenvalue weighted by Crippen LogP contribution is 2.17. The van der Waals surface area contributed by atoms with Gasteiger partial charge < -0.3 is 19.9 Å². The van der Waals surface area contributed by atoms with Crippen LogP contribution in [0.4, 0.5) is 5.69 Å². The molecular formula is C12H11NO4. The first-order valence-corrected chi connectivity index (χ1v) is 5.00. The molecule has 0 aliphatic carbocycles. The van der Waals surface area contributed by atoms with E-state index in [1.165, 1.54) is 6.07 Å². The number of phenolic OH excluding ortho intramolecular Hbond substituents is 1. The molecule has 0 atom stereocenters. The fraction of sp³-hybridized carbons (Fsp3) is 0.0833. The lowest BCUT2D eigenvalue weighted by Crippen LogP contribution is -1.98. The van der Waals surface area contributed by atoms with E-state index in [-0.39, 0.29) is 11.5 Å². The maximum absolute atomic E-state index is 10.6. The zero-order valence-electron chi connectivity index (χ0n) is 8.88. The average Bonchev–Trinajstić information content (AvgIpc) is 2.75. The summed E-state index contributed by atoms with van der Waals surface area (Å²) in [6.07, 6.45) is 0. The van der Waals surface area contributed by atoms with Gasteiger partial charge in [0.25, 0.3) is 0 Å². The number of nitrogens with one attached hydrogen (secondary N) is 1. The van der Waals surface area contributed by atoms with E-state index in [0.29, 0.717) is 12.3 Å². The van der Waals surface area contributed by atoms with Gasteiger partial charge >= 0.3 is 5.97 Å². The third kappa shape index (κ3) is 2.78. The normalized spacial score (nSPS) is 10.1. The molecule has 0 bridgehead atoms. The largest absolute Gasteiger partial charge is 0.508 e. The number of anilines is 1. The van der Waals surface area contributed by atoms with Gasteiger partial charge in [-0.25, -0.2) is 4.79 Å². The fourth-order valence-corrected chi connectivity index (χ4v) is 1.39. The molecule has 2 aromatic rings. The lowest BCUT2D eigenvalue weighted by atomic mass is 10.3. The molecule has 0 fully saturated rings. The number of benzene rings is 1. The summed E-state index contributed by atoms with van der Waals surface area (Å²) in [5, 5.41) is 20.9. The highest BCUT2D eigenvalue weighted by Gasteiger charge is 2.08. The van der Waals surface area contributed by atoms with Crippen LogP contribution in [0, 0.1) is 0 Å². The van der Waals surface area contributed by atoms with Crippen LogP contribution in [0.2, 0.25) is 0 Å². The van der Waals surface area contributed by atoms with Crippen molar-refractivity contribution in [2.75, 3.05) is 5.32 Å². The molecule has 0 saturated carbocycles. The van der Waals surface area contributed by atoms with Crippen molar-refractivity contribution < 1.29 is 19.4 Å². The van der Waals surface area contributed by atoms with Gasteiger partial charge in [0.1, 0.15) is 11.5 Å². The number of aromatic carboxylic acids is 1. The van der Waals surface area contributed by atoms with Crippen molar-refractivity contribution in [2.45, 2.75) is 6.54 Å². The molecule has 1 heterocycles. The zero-order chi connectivity index (χ0) is 12.3. The second kappa shape index (κ2) is 4.61. The second-order valence-corrected chi connectivity index (χ2v) is 3.47. The molecule has 3 N–H and O–H groups in total. The molecule has 5 heteroatoms. The van der Waals surface area contributed by atoms with Crippen molar-refractivity contribution in [1.82, 2.24) is 0 Å². The Balaban J connectivity index is 2.00. The summed E-state index contributed by atoms with van der Waals surface area (Å²) in [4.78, 5) is 10.6. The van der Waals surface area contributed by atoms with Gasteiger partial charge in [0, 0.05) is 11.8 Å². The molecule has 0 aliphatic heterocycles. The Bertz CT molecular complexity index is 533. The maximum Gasteiger partial charge on any atom is 0.371 e. The first kappa shape index (κ1) is 11.1. The minimum absolute atomic E-state index is 0.0855. The van der Waals surface area contributed by atoms with E-state index >= 15 is 0 Å². The van der Waals surface area contributed by atoms with Crippen molar-refractivity contribution in [1.29, 1.82) is 0 Å². The Morgan fingerprint density at radius 2 is 2.12 bits per heavy atom. The summed E-state index contributed by atoms with van der Waals surface area (Å²) in [5.41, 5.74) is 0.735. The van der Waals surface area contributed by atoms with E-state index in [1.54, 1.807) is 30.3 Å². The summed E-state index contributed by atoms with van der Waals surface area (Å²) < 4.78 is 5.07. The van der Waals surface area contributed by atoms with Crippen LogP contribution in [0.25, 0.3) is 0 Å². The Labute approximate surface area is 97.3 Å². The molecule has 0 spiro atoms. The number of hydrogen-bond donors (Lipinski definition) is 3. The van der Waals surface area contributed by atoms with Crippen LogP contribution in [0.1, 0.15) is 16.3 Å². The standard InChI is InChI=1S/C12H11NO4/c14-9-3-1-2-8(6-9)13-7-10-4-5-11(17-10)12(15)16/h1-6,13-14H,7H2,(H,15,16). The molecule has 17 heavy (non-hydrogen) atoms. The van der Waals surface area contributed by atoms with Gasteiger partial charge in [-0.1, -0.05) is 6.07 Å². The van der Waals surface area contributed by atoms with Crippen LogP contribution in [0.3, 0.4) is 0 Å². The van der Waals surface area contributed by atoms with E-state index in [9.17, 15) is 9.90 Å². The predicted octanol–water partition coefficient (Wildman–Crippen LogP) is 2.30. The molecule has 88 valence electrons. The number of furan rings is 1. The van der Waals surface area contributed by atoms with Crippen molar-refractivity contribution >= 4 is 11.7 Å². The van der Waals surface area contributed by atoms with Crippen LogP contribution >= 0.6 is 0 Å². The number of rotatable bonds is 4. The Morgan fingerprint density at radius 1 is 1.29 bits per heavy atom. The van der Waals surface area contributed by atoms with E-state index in [2.05, 4.69) is 5.32 Å². The SMILES string of the molecule is O=C(O)c1ccc(CNc2cccc(O)c2)o1. The third-order valence-corrected chi connectivity index (χ3v) is 2.19. The molecule has 0 saturated heterocycles. The molecule has 0 unspecified atom stereocenters. The van der Waals surface area contributed by atoms with Gasteiger partial charge in [0.2, 0.25) is 5.76 Å². The van der Waals surface area contributed by atoms with Gasteiger partial charge in [-0.05, 0) is 24.3 Å². The highest BCUT2D eigenvalue weighted by atomic mass is 16.4. The predicted molar refractivity (Wildman–Crippen MR) is 61.1 cm³/mol. The summed E-state index contributed by atoms with van der Waals surface area (Å²) in [7, 11) is 0. The van der Waals surface area contributed by atoms with E-state index in [1.807, 2.05) is 0 Å². The van der Waals surface area contributed by atoms with Crippen molar-refractivity contribution in [3.63, 3.8) is 0 Å². The number of carboxylic acid groups (broad SMARTS) is 1. The third-order valence-electron chi connectivity index (χ3n) is 2.19. The maximum atomic E-state index is 10.6. The Hall–Kier alpha value is -2.43. The molecule has 1 aromatic carbocycles. The quantitative estimate of drug-likeness (QED) is 0.754. The Kier molecular flexibility index (Phi) is 3.00. The molecule has 0 aliphatic rings. The number of phenols is 1. The number of aromatic hydroxyl groups is 1. The van der Waals surface area contributed by atoms with Crippen molar-refractivity contribution in [3.8, 4) is 5.75 Å². The van der Waals surface area contributed by atoms with Crippen LogP contribution in [-0.4, -0.2) is 16.2 Å². The summed E-state index contributed by atoms with van der Waals surface area (Å²) >= 11 is 0. The van der Waals surface area contributed by atoms with Crippen LogP contribution in [-0.2, 0) is 6.54 Å². The monoisotopic (exact) mass is 233 g/mol. The van der Waals surface area contributed by atoms with E-state index in [4.69, 9.17) is 9.52 Å². The molecule has 5 nitrogen and oxygen atoms in total. The minimum Gasteiger partial charge on any atom is -0.508 e. The number of carboxylic acids is 1. The molecule has 2 rings (SSSR count). The van der Waals surface area contributed by atoms with Gasteiger partial charge in [0.15, 0.2) is 0 Å². The number of carbonyl (C=O) groups is 1. The lowest BCUT2D eigenvalue weighted by molar-refractivity contribution is 0.0660. The topological polar surface area (TPSA) is 82.7 Å². The fourth-order valence-electron chi connectivity index (χ4n) is 1.39. The summed E-state index contributed by atoms with van der Waals surface area (Å²) in [6, 6.07) is 9.64. The summed E-state index contributed by atoms with van der Waals surface area (Å²) in [6.45, 7) is 0.358. The Morgan fingerprint density at radius 3 is 2.76 bits per heavy atom. The van der Waals surface area contributed by atoms with Crippen molar-refractivity contribution in [2.24, 2.45) is 0 Å². The van der Waals surface area contributed by atoms with Gasteiger partial charge in [-0.2, -0.15) is 0 Å². The first-order valence-electron chi connectivity index (χ1n) is 5.00. The smallest absolute Gasteiger partial charge is 0.371 e. The van der Waals surface area contributed by atoms with Crippen molar-refractivity contribution in [3.05, 3.63) is 47.9 Å².